The monoisotopic (exact) mass is 502 g/mol. The van der Waals surface area contributed by atoms with Gasteiger partial charge in [0.15, 0.2) is 5.11 Å². The number of hydrogen-bond donors (Lipinski definition) is 1. The molecule has 2 aromatic carbocycles. The van der Waals surface area contributed by atoms with Gasteiger partial charge in [0.2, 0.25) is 0 Å². The lowest BCUT2D eigenvalue weighted by molar-refractivity contribution is 0.412. The molecule has 1 aliphatic rings. The summed E-state index contributed by atoms with van der Waals surface area (Å²) in [6.07, 6.45) is 1.83. The van der Waals surface area contributed by atoms with Crippen LogP contribution in [-0.4, -0.2) is 21.8 Å². The Morgan fingerprint density at radius 3 is 2.54 bits per heavy atom. The van der Waals surface area contributed by atoms with Crippen LogP contribution in [0.4, 0.5) is 5.69 Å². The Morgan fingerprint density at radius 2 is 1.83 bits per heavy atom. The van der Waals surface area contributed by atoms with Crippen LogP contribution in [0, 0.1) is 20.8 Å². The lowest BCUT2D eigenvalue weighted by Crippen LogP contribution is -2.29. The van der Waals surface area contributed by atoms with Crippen LogP contribution >= 0.6 is 23.8 Å². The second-order valence-electron chi connectivity index (χ2n) is 8.81. The summed E-state index contributed by atoms with van der Waals surface area (Å²) in [5.74, 6) is 0.764. The molecule has 5 nitrogen and oxygen atoms in total. The molecule has 178 valence electrons. The Bertz CT molecular complexity index is 1400. The molecule has 0 unspecified atom stereocenters. The summed E-state index contributed by atoms with van der Waals surface area (Å²) >= 11 is 12.3. The summed E-state index contributed by atoms with van der Waals surface area (Å²) in [6, 6.07) is 22.1. The molecule has 0 bridgehead atoms. The van der Waals surface area contributed by atoms with E-state index < -0.39 is 0 Å². The highest BCUT2D eigenvalue weighted by atomic mass is 35.5. The number of methoxy groups -OCH3 is 1. The first-order valence-corrected chi connectivity index (χ1v) is 12.3. The minimum absolute atomic E-state index is 0.0932. The number of thiocarbonyl (C=S) groups is 1. The zero-order chi connectivity index (χ0) is 24.7. The number of halogens is 1. The molecule has 7 heteroatoms. The maximum absolute atomic E-state index is 6.39. The number of rotatable bonds is 5. The van der Waals surface area contributed by atoms with E-state index in [-0.39, 0.29) is 12.1 Å². The maximum Gasteiger partial charge on any atom is 0.174 e. The van der Waals surface area contributed by atoms with Crippen molar-refractivity contribution < 1.29 is 4.74 Å². The van der Waals surface area contributed by atoms with E-state index in [1.807, 2.05) is 42.6 Å². The van der Waals surface area contributed by atoms with Crippen LogP contribution in [-0.2, 0) is 0 Å². The van der Waals surface area contributed by atoms with Crippen LogP contribution in [0.3, 0.4) is 0 Å². The smallest absolute Gasteiger partial charge is 0.174 e. The van der Waals surface area contributed by atoms with Gasteiger partial charge in [0.1, 0.15) is 5.75 Å². The van der Waals surface area contributed by atoms with Crippen LogP contribution in [0.15, 0.2) is 72.9 Å². The minimum atomic E-state index is -0.112. The van der Waals surface area contributed by atoms with Crippen LogP contribution in [0.25, 0.3) is 5.69 Å². The van der Waals surface area contributed by atoms with E-state index in [1.165, 1.54) is 5.56 Å². The van der Waals surface area contributed by atoms with E-state index >= 15 is 0 Å². The van der Waals surface area contributed by atoms with E-state index in [2.05, 4.69) is 70.9 Å². The predicted molar refractivity (Wildman–Crippen MR) is 146 cm³/mol. The van der Waals surface area contributed by atoms with Crippen molar-refractivity contribution in [1.82, 2.24) is 14.9 Å². The predicted octanol–water partition coefficient (Wildman–Crippen LogP) is 6.64. The van der Waals surface area contributed by atoms with Gasteiger partial charge in [0.05, 0.1) is 30.6 Å². The third-order valence-electron chi connectivity index (χ3n) is 6.55. The topological polar surface area (TPSA) is 42.3 Å². The molecule has 3 heterocycles. The van der Waals surface area contributed by atoms with E-state index in [1.54, 1.807) is 7.11 Å². The van der Waals surface area contributed by atoms with Crippen molar-refractivity contribution in [2.45, 2.75) is 32.9 Å². The van der Waals surface area contributed by atoms with E-state index in [9.17, 15) is 0 Å². The highest BCUT2D eigenvalue weighted by Crippen LogP contribution is 2.44. The molecule has 4 aromatic rings. The Labute approximate surface area is 216 Å². The molecular weight excluding hydrogens is 476 g/mol. The molecule has 35 heavy (non-hydrogen) atoms. The molecule has 1 saturated heterocycles. The van der Waals surface area contributed by atoms with Gasteiger partial charge < -0.3 is 19.5 Å². The van der Waals surface area contributed by atoms with Gasteiger partial charge in [-0.15, -0.1) is 0 Å². The average Bonchev–Trinajstić information content (AvgIpc) is 3.34. The van der Waals surface area contributed by atoms with Gasteiger partial charge in [-0.25, -0.2) is 0 Å². The number of pyridine rings is 1. The first-order valence-electron chi connectivity index (χ1n) is 11.5. The van der Waals surface area contributed by atoms with Crippen LogP contribution in [0.1, 0.15) is 40.3 Å². The third-order valence-corrected chi connectivity index (χ3v) is 7.10. The zero-order valence-electron chi connectivity index (χ0n) is 20.1. The molecule has 1 aliphatic heterocycles. The van der Waals surface area contributed by atoms with Crippen LogP contribution in [0.5, 0.6) is 5.75 Å². The largest absolute Gasteiger partial charge is 0.495 e. The second kappa shape index (κ2) is 9.36. The van der Waals surface area contributed by atoms with Gasteiger partial charge in [-0.3, -0.25) is 4.98 Å². The molecular formula is C28H27ClN4OS. The third kappa shape index (κ3) is 4.17. The fourth-order valence-electron chi connectivity index (χ4n) is 5.02. The number of benzene rings is 2. The molecule has 0 spiro atoms. The van der Waals surface area contributed by atoms with Crippen LogP contribution < -0.4 is 15.0 Å². The first-order chi connectivity index (χ1) is 16.9. The Kier molecular flexibility index (Phi) is 6.26. The Hall–Kier alpha value is -3.35. The first kappa shape index (κ1) is 23.4. The summed E-state index contributed by atoms with van der Waals surface area (Å²) < 4.78 is 7.88. The lowest BCUT2D eigenvalue weighted by atomic mass is 9.96. The highest BCUT2D eigenvalue weighted by Gasteiger charge is 2.42. The molecule has 0 radical (unpaired) electrons. The zero-order valence-corrected chi connectivity index (χ0v) is 21.7. The summed E-state index contributed by atoms with van der Waals surface area (Å²) in [5, 5.41) is 4.89. The van der Waals surface area contributed by atoms with Gasteiger partial charge in [0, 0.05) is 28.3 Å². The number of aromatic nitrogens is 2. The second-order valence-corrected chi connectivity index (χ2v) is 9.64. The maximum atomic E-state index is 6.39. The Balaban J connectivity index is 1.71. The van der Waals surface area contributed by atoms with Gasteiger partial charge in [-0.1, -0.05) is 29.8 Å². The van der Waals surface area contributed by atoms with E-state index in [0.29, 0.717) is 10.1 Å². The van der Waals surface area contributed by atoms with Gasteiger partial charge in [-0.05, 0) is 92.6 Å². The molecule has 1 N–H and O–H groups in total. The summed E-state index contributed by atoms with van der Waals surface area (Å²) in [6.45, 7) is 6.33. The number of hydrogen-bond acceptors (Lipinski definition) is 3. The van der Waals surface area contributed by atoms with Crippen molar-refractivity contribution in [1.29, 1.82) is 0 Å². The Morgan fingerprint density at radius 1 is 1.00 bits per heavy atom. The van der Waals surface area contributed by atoms with E-state index in [4.69, 9.17) is 28.6 Å². The van der Waals surface area contributed by atoms with Gasteiger partial charge in [-0.2, -0.15) is 0 Å². The highest BCUT2D eigenvalue weighted by molar-refractivity contribution is 7.80. The normalized spacial score (nSPS) is 17.5. The van der Waals surface area contributed by atoms with Crippen LogP contribution in [0.2, 0.25) is 5.02 Å². The molecule has 0 amide bonds. The van der Waals surface area contributed by atoms with Crippen molar-refractivity contribution in [2.75, 3.05) is 12.0 Å². The standard InChI is InChI=1S/C28H27ClN4OS/c1-17-8-7-9-21(14-17)33-27(26(31-28(33)35)23-10-5-6-13-30-23)22-15-18(2)32(19(22)3)24-16-20(29)11-12-25(24)34-4/h5-16,26-27H,1-4H3,(H,31,35)/t26-,27+/m1/s1. The molecule has 2 atom stereocenters. The molecule has 1 fully saturated rings. The summed E-state index contributed by atoms with van der Waals surface area (Å²) in [4.78, 5) is 6.89. The SMILES string of the molecule is COc1ccc(Cl)cc1-n1c(C)cc([C@H]2[C@@H](c3ccccn3)NC(=S)N2c2cccc(C)c2)c1C. The molecule has 0 aliphatic carbocycles. The van der Waals surface area contributed by atoms with Crippen molar-refractivity contribution in [3.05, 3.63) is 106 Å². The summed E-state index contributed by atoms with van der Waals surface area (Å²) in [5.41, 5.74) is 7.42. The number of aryl methyl sites for hydroxylation is 2. The molecule has 0 saturated carbocycles. The van der Waals surface area contributed by atoms with Crippen molar-refractivity contribution in [2.24, 2.45) is 0 Å². The van der Waals surface area contributed by atoms with Gasteiger partial charge in [0.25, 0.3) is 0 Å². The quantitative estimate of drug-likeness (QED) is 0.310. The average molecular weight is 503 g/mol. The minimum Gasteiger partial charge on any atom is -0.495 e. The van der Waals surface area contributed by atoms with Gasteiger partial charge >= 0.3 is 0 Å². The summed E-state index contributed by atoms with van der Waals surface area (Å²) in [7, 11) is 1.68. The van der Waals surface area contributed by atoms with E-state index in [0.717, 1.165) is 39.8 Å². The fraction of sp³-hybridized carbons (Fsp3) is 0.214. The lowest BCUT2D eigenvalue weighted by Gasteiger charge is -2.28. The van der Waals surface area contributed by atoms with Crippen molar-refractivity contribution in [3.8, 4) is 11.4 Å². The number of nitrogens with zero attached hydrogens (tertiary/aromatic N) is 3. The number of anilines is 1. The van der Waals surface area contributed by atoms with Crippen molar-refractivity contribution in [3.63, 3.8) is 0 Å². The number of ether oxygens (including phenoxy) is 1. The van der Waals surface area contributed by atoms with Crippen molar-refractivity contribution >= 4 is 34.6 Å². The fourth-order valence-corrected chi connectivity index (χ4v) is 5.53. The molecule has 2 aromatic heterocycles. The molecule has 5 rings (SSSR count). The number of nitrogens with one attached hydrogen (secondary N) is 1.